The van der Waals surface area contributed by atoms with Crippen LogP contribution in [-0.2, 0) is 9.47 Å². The van der Waals surface area contributed by atoms with Gasteiger partial charge in [-0.15, -0.1) is 0 Å². The fourth-order valence-corrected chi connectivity index (χ4v) is 2.58. The minimum absolute atomic E-state index is 0.316. The monoisotopic (exact) mass is 335 g/mol. The molecule has 0 spiro atoms. The molecule has 2 aromatic rings. The third-order valence-corrected chi connectivity index (χ3v) is 3.84. The molecule has 7 heteroatoms. The van der Waals surface area contributed by atoms with Crippen molar-refractivity contribution < 1.29 is 14.3 Å². The van der Waals surface area contributed by atoms with Crippen molar-refractivity contribution >= 4 is 23.4 Å². The van der Waals surface area contributed by atoms with Crippen molar-refractivity contribution in [1.29, 1.82) is 0 Å². The molecule has 0 radical (unpaired) electrons. The summed E-state index contributed by atoms with van der Waals surface area (Å²) in [6, 6.07) is 7.30. The van der Waals surface area contributed by atoms with E-state index in [4.69, 9.17) is 21.1 Å². The van der Waals surface area contributed by atoms with Crippen LogP contribution in [0.3, 0.4) is 0 Å². The first-order valence-electron chi connectivity index (χ1n) is 7.55. The average molecular weight is 336 g/mol. The molecule has 1 N–H and O–H groups in total. The lowest BCUT2D eigenvalue weighted by Gasteiger charge is -2.27. The van der Waals surface area contributed by atoms with Crippen molar-refractivity contribution in [1.82, 2.24) is 9.97 Å². The number of hydrogen-bond acceptors (Lipinski definition) is 5. The van der Waals surface area contributed by atoms with Gasteiger partial charge in [0.2, 0.25) is 0 Å². The molecular formula is C16H18ClN3O3. The minimum atomic E-state index is -0.401. The summed E-state index contributed by atoms with van der Waals surface area (Å²) in [4.78, 5) is 22.0. The van der Waals surface area contributed by atoms with Crippen LogP contribution in [0.1, 0.15) is 17.4 Å². The molecule has 1 aromatic heterocycles. The maximum atomic E-state index is 12.2. The molecule has 23 heavy (non-hydrogen) atoms. The van der Waals surface area contributed by atoms with Gasteiger partial charge < -0.3 is 19.4 Å². The summed E-state index contributed by atoms with van der Waals surface area (Å²) >= 11 is 5.92. The Hall–Kier alpha value is -2.05. The van der Waals surface area contributed by atoms with Crippen LogP contribution in [0.2, 0.25) is 5.02 Å². The molecule has 0 aliphatic carbocycles. The molecule has 1 aliphatic heterocycles. The van der Waals surface area contributed by atoms with Gasteiger partial charge in [0, 0.05) is 23.7 Å². The maximum absolute atomic E-state index is 12.2. The van der Waals surface area contributed by atoms with E-state index in [0.29, 0.717) is 55.3 Å². The summed E-state index contributed by atoms with van der Waals surface area (Å²) in [5.41, 5.74) is 1.23. The number of rotatable bonds is 4. The lowest BCUT2D eigenvalue weighted by Crippen LogP contribution is -2.37. The average Bonchev–Trinajstić information content (AvgIpc) is 3.02. The topological polar surface area (TPSA) is 67.5 Å². The number of anilines is 1. The van der Waals surface area contributed by atoms with E-state index in [-0.39, 0.29) is 0 Å². The van der Waals surface area contributed by atoms with Gasteiger partial charge in [-0.2, -0.15) is 0 Å². The third kappa shape index (κ3) is 3.48. The molecule has 0 saturated carbocycles. The van der Waals surface area contributed by atoms with E-state index in [0.717, 1.165) is 5.56 Å². The summed E-state index contributed by atoms with van der Waals surface area (Å²) in [6.07, 6.45) is 0. The standard InChI is InChI=1S/C16H18ClN3O3/c1-2-23-16(21)13-15(20-7-9-22-10-8-20)19-14(18-13)11-3-5-12(17)6-4-11/h3-6H,2,7-10H2,1H3,(H,18,19). The van der Waals surface area contributed by atoms with E-state index in [1.165, 1.54) is 0 Å². The number of ether oxygens (including phenoxy) is 2. The van der Waals surface area contributed by atoms with Gasteiger partial charge in [-0.3, -0.25) is 0 Å². The number of carbonyl (C=O) groups excluding carboxylic acids is 1. The summed E-state index contributed by atoms with van der Waals surface area (Å²) in [7, 11) is 0. The van der Waals surface area contributed by atoms with E-state index in [2.05, 4.69) is 9.97 Å². The second-order valence-electron chi connectivity index (χ2n) is 5.11. The molecule has 122 valence electrons. The molecule has 0 bridgehead atoms. The Morgan fingerprint density at radius 3 is 2.70 bits per heavy atom. The first kappa shape index (κ1) is 15.8. The van der Waals surface area contributed by atoms with Crippen LogP contribution in [0.25, 0.3) is 11.4 Å². The Labute approximate surface area is 139 Å². The Morgan fingerprint density at radius 1 is 1.35 bits per heavy atom. The Bertz CT molecular complexity index is 678. The van der Waals surface area contributed by atoms with Crippen molar-refractivity contribution in [2.24, 2.45) is 0 Å². The number of nitrogens with zero attached hydrogens (tertiary/aromatic N) is 2. The molecule has 0 atom stereocenters. The summed E-state index contributed by atoms with van der Waals surface area (Å²) < 4.78 is 10.5. The number of hydrogen-bond donors (Lipinski definition) is 1. The van der Waals surface area contributed by atoms with Crippen molar-refractivity contribution in [2.75, 3.05) is 37.8 Å². The van der Waals surface area contributed by atoms with Crippen molar-refractivity contribution in [3.05, 3.63) is 35.0 Å². The van der Waals surface area contributed by atoms with Crippen LogP contribution in [0, 0.1) is 0 Å². The lowest BCUT2D eigenvalue weighted by atomic mass is 10.2. The van der Waals surface area contributed by atoms with Gasteiger partial charge in [-0.25, -0.2) is 9.78 Å². The molecule has 0 unspecified atom stereocenters. The van der Waals surface area contributed by atoms with E-state index in [1.807, 2.05) is 17.0 Å². The van der Waals surface area contributed by atoms with E-state index in [9.17, 15) is 4.79 Å². The highest BCUT2D eigenvalue weighted by Crippen LogP contribution is 2.26. The van der Waals surface area contributed by atoms with Gasteiger partial charge in [-0.1, -0.05) is 11.6 Å². The van der Waals surface area contributed by atoms with E-state index < -0.39 is 5.97 Å². The Kier molecular flexibility index (Phi) is 4.83. The van der Waals surface area contributed by atoms with Gasteiger partial charge in [0.15, 0.2) is 11.5 Å². The van der Waals surface area contributed by atoms with Crippen LogP contribution in [0.5, 0.6) is 0 Å². The molecule has 2 heterocycles. The molecule has 1 aromatic carbocycles. The van der Waals surface area contributed by atoms with Crippen molar-refractivity contribution in [2.45, 2.75) is 6.92 Å². The lowest BCUT2D eigenvalue weighted by molar-refractivity contribution is 0.0520. The molecular weight excluding hydrogens is 318 g/mol. The number of esters is 1. The first-order chi connectivity index (χ1) is 11.2. The Balaban J connectivity index is 1.98. The van der Waals surface area contributed by atoms with Crippen LogP contribution in [0.4, 0.5) is 5.82 Å². The molecule has 3 rings (SSSR count). The predicted molar refractivity (Wildman–Crippen MR) is 88.0 cm³/mol. The normalized spacial score (nSPS) is 14.8. The highest BCUT2D eigenvalue weighted by atomic mass is 35.5. The summed E-state index contributed by atoms with van der Waals surface area (Å²) in [6.45, 7) is 4.71. The Morgan fingerprint density at radius 2 is 2.04 bits per heavy atom. The number of carbonyl (C=O) groups is 1. The number of imidazole rings is 1. The zero-order valence-electron chi connectivity index (χ0n) is 12.8. The fraction of sp³-hybridized carbons (Fsp3) is 0.375. The van der Waals surface area contributed by atoms with Gasteiger partial charge >= 0.3 is 5.97 Å². The minimum Gasteiger partial charge on any atom is -0.461 e. The zero-order chi connectivity index (χ0) is 16.2. The highest BCUT2D eigenvalue weighted by Gasteiger charge is 2.25. The number of nitrogens with one attached hydrogen (secondary N) is 1. The molecule has 1 saturated heterocycles. The van der Waals surface area contributed by atoms with Gasteiger partial charge in [0.05, 0.1) is 19.8 Å². The van der Waals surface area contributed by atoms with E-state index >= 15 is 0 Å². The number of benzene rings is 1. The summed E-state index contributed by atoms with van der Waals surface area (Å²) in [5.74, 6) is 0.824. The largest absolute Gasteiger partial charge is 0.461 e. The number of H-pyrrole nitrogens is 1. The van der Waals surface area contributed by atoms with Crippen molar-refractivity contribution in [3.63, 3.8) is 0 Å². The van der Waals surface area contributed by atoms with Crippen LogP contribution in [-0.4, -0.2) is 48.8 Å². The van der Waals surface area contributed by atoms with Crippen LogP contribution in [0.15, 0.2) is 24.3 Å². The van der Waals surface area contributed by atoms with Gasteiger partial charge in [-0.05, 0) is 31.2 Å². The second-order valence-corrected chi connectivity index (χ2v) is 5.55. The van der Waals surface area contributed by atoms with Gasteiger partial charge in [0.1, 0.15) is 5.82 Å². The van der Waals surface area contributed by atoms with Gasteiger partial charge in [0.25, 0.3) is 0 Å². The third-order valence-electron chi connectivity index (χ3n) is 3.59. The molecule has 1 fully saturated rings. The summed E-state index contributed by atoms with van der Waals surface area (Å²) in [5, 5.41) is 0.652. The quantitative estimate of drug-likeness (QED) is 0.870. The number of morpholine rings is 1. The maximum Gasteiger partial charge on any atom is 0.358 e. The number of halogens is 1. The van der Waals surface area contributed by atoms with E-state index in [1.54, 1.807) is 19.1 Å². The fourth-order valence-electron chi connectivity index (χ4n) is 2.46. The van der Waals surface area contributed by atoms with Crippen molar-refractivity contribution in [3.8, 4) is 11.4 Å². The SMILES string of the molecule is CCOC(=O)c1[nH]c(-c2ccc(Cl)cc2)nc1N1CCOCC1. The zero-order valence-corrected chi connectivity index (χ0v) is 13.6. The number of aromatic amines is 1. The molecule has 1 aliphatic rings. The van der Waals surface area contributed by atoms with Crippen LogP contribution < -0.4 is 4.90 Å². The highest BCUT2D eigenvalue weighted by molar-refractivity contribution is 6.30. The predicted octanol–water partition coefficient (Wildman–Crippen LogP) is 2.74. The smallest absolute Gasteiger partial charge is 0.358 e. The molecule has 6 nitrogen and oxygen atoms in total. The first-order valence-corrected chi connectivity index (χ1v) is 7.92. The van der Waals surface area contributed by atoms with Crippen LogP contribution >= 0.6 is 11.6 Å². The second kappa shape index (κ2) is 7.02. The molecule has 0 amide bonds. The number of aromatic nitrogens is 2.